The van der Waals surface area contributed by atoms with Gasteiger partial charge in [-0.05, 0) is 31.4 Å². The van der Waals surface area contributed by atoms with Gasteiger partial charge in [-0.3, -0.25) is 0 Å². The average molecular weight is 393 g/mol. The number of rotatable bonds is 4. The first-order chi connectivity index (χ1) is 14.3. The summed E-state index contributed by atoms with van der Waals surface area (Å²) in [5.41, 5.74) is 1.81. The van der Waals surface area contributed by atoms with Crippen molar-refractivity contribution in [3.8, 4) is 11.5 Å². The van der Waals surface area contributed by atoms with Crippen LogP contribution in [-0.2, 0) is 0 Å². The molecule has 0 spiro atoms. The highest BCUT2D eigenvalue weighted by Gasteiger charge is 2.31. The van der Waals surface area contributed by atoms with E-state index in [1.807, 2.05) is 24.3 Å². The third kappa shape index (κ3) is 3.87. The van der Waals surface area contributed by atoms with E-state index < -0.39 is 6.10 Å². The van der Waals surface area contributed by atoms with Gasteiger partial charge in [0.15, 0.2) is 0 Å². The van der Waals surface area contributed by atoms with Crippen LogP contribution in [0, 0.1) is 0 Å². The van der Waals surface area contributed by atoms with E-state index in [1.54, 1.807) is 12.5 Å². The summed E-state index contributed by atoms with van der Waals surface area (Å²) >= 11 is 0. The van der Waals surface area contributed by atoms with Crippen molar-refractivity contribution in [3.05, 3.63) is 42.8 Å². The van der Waals surface area contributed by atoms with Crippen LogP contribution in [0.3, 0.4) is 0 Å². The normalized spacial score (nSPS) is 23.6. The van der Waals surface area contributed by atoms with Crippen molar-refractivity contribution in [2.45, 2.75) is 56.7 Å². The molecule has 1 aliphatic carbocycles. The molecule has 2 atom stereocenters. The lowest BCUT2D eigenvalue weighted by molar-refractivity contribution is 0.103. The Bertz CT molecular complexity index is 953. The Morgan fingerprint density at radius 1 is 1.10 bits per heavy atom. The summed E-state index contributed by atoms with van der Waals surface area (Å²) in [6, 6.07) is 10.9. The second-order valence-electron chi connectivity index (χ2n) is 8.30. The first-order valence-electron chi connectivity index (χ1n) is 10.8. The van der Waals surface area contributed by atoms with E-state index in [2.05, 4.69) is 21.3 Å². The van der Waals surface area contributed by atoms with Gasteiger partial charge in [-0.1, -0.05) is 37.5 Å². The smallest absolute Gasteiger partial charge is 0.229 e. The van der Waals surface area contributed by atoms with Crippen molar-refractivity contribution >= 4 is 16.7 Å². The molecular formula is C23H28N4O2. The molecule has 1 saturated carbocycles. The molecule has 29 heavy (non-hydrogen) atoms. The summed E-state index contributed by atoms with van der Waals surface area (Å²) in [4.78, 5) is 11.5. The minimum absolute atomic E-state index is 0.153. The van der Waals surface area contributed by atoms with Gasteiger partial charge in [0.25, 0.3) is 0 Å². The lowest BCUT2D eigenvalue weighted by atomic mass is 9.92. The standard InChI is InChI=1S/C23H28N4O2/c28-21-15-27(12-10-20(21)25-17-7-2-1-3-8-17)22-18(23-24-11-13-29-23)14-16-6-4-5-9-19(16)26-22/h4-6,9,11,13-14,17,20-21,25,28H,1-3,7-8,10,12,15H2/t20-,21-/m1/s1. The number of nitrogens with zero attached hydrogens (tertiary/aromatic N) is 3. The number of benzene rings is 1. The largest absolute Gasteiger partial charge is 0.444 e. The predicted octanol–water partition coefficient (Wildman–Crippen LogP) is 3.75. The summed E-state index contributed by atoms with van der Waals surface area (Å²) in [7, 11) is 0. The number of fused-ring (bicyclic) bond motifs is 1. The number of β-amino-alcohol motifs (C(OH)–C–C–N with tert-alkyl or cyclic N) is 1. The molecule has 2 aromatic heterocycles. The molecule has 6 nitrogen and oxygen atoms in total. The summed E-state index contributed by atoms with van der Waals surface area (Å²) in [6.07, 6.45) is 10.1. The Kier molecular flexibility index (Phi) is 5.21. The molecule has 0 radical (unpaired) electrons. The molecule has 3 aromatic rings. The number of piperidine rings is 1. The maximum absolute atomic E-state index is 10.9. The number of para-hydroxylation sites is 1. The maximum atomic E-state index is 10.9. The molecule has 2 N–H and O–H groups in total. The van der Waals surface area contributed by atoms with E-state index in [1.165, 1.54) is 32.1 Å². The summed E-state index contributed by atoms with van der Waals surface area (Å²) < 4.78 is 5.60. The zero-order valence-electron chi connectivity index (χ0n) is 16.6. The van der Waals surface area contributed by atoms with Gasteiger partial charge in [0.05, 0.1) is 23.4 Å². The SMILES string of the molecule is O[C@@H]1CN(c2nc3ccccc3cc2-c2ncco2)CC[C@H]1NC1CCCCC1. The highest BCUT2D eigenvalue weighted by Crippen LogP contribution is 2.33. The Morgan fingerprint density at radius 2 is 1.97 bits per heavy atom. The fourth-order valence-electron chi connectivity index (χ4n) is 4.75. The minimum atomic E-state index is -0.420. The molecule has 3 heterocycles. The van der Waals surface area contributed by atoms with E-state index in [0.29, 0.717) is 18.5 Å². The van der Waals surface area contributed by atoms with Crippen molar-refractivity contribution in [3.63, 3.8) is 0 Å². The van der Waals surface area contributed by atoms with Gasteiger partial charge in [0.2, 0.25) is 5.89 Å². The molecule has 1 aromatic carbocycles. The molecule has 2 fully saturated rings. The second-order valence-corrected chi connectivity index (χ2v) is 8.30. The Hall–Kier alpha value is -2.44. The Balaban J connectivity index is 1.40. The fraction of sp³-hybridized carbons (Fsp3) is 0.478. The van der Waals surface area contributed by atoms with E-state index >= 15 is 0 Å². The van der Waals surface area contributed by atoms with Crippen LogP contribution < -0.4 is 10.2 Å². The molecule has 0 amide bonds. The molecule has 1 aliphatic heterocycles. The van der Waals surface area contributed by atoms with E-state index in [4.69, 9.17) is 9.40 Å². The lowest BCUT2D eigenvalue weighted by Gasteiger charge is -2.39. The number of nitrogens with one attached hydrogen (secondary N) is 1. The monoisotopic (exact) mass is 392 g/mol. The molecule has 0 unspecified atom stereocenters. The number of aliphatic hydroxyl groups excluding tert-OH is 1. The van der Waals surface area contributed by atoms with Crippen LogP contribution in [0.1, 0.15) is 38.5 Å². The predicted molar refractivity (Wildman–Crippen MR) is 114 cm³/mol. The van der Waals surface area contributed by atoms with Gasteiger partial charge in [-0.2, -0.15) is 0 Å². The zero-order valence-corrected chi connectivity index (χ0v) is 16.6. The average Bonchev–Trinajstić information content (AvgIpc) is 3.30. The molecule has 152 valence electrons. The van der Waals surface area contributed by atoms with E-state index in [-0.39, 0.29) is 6.04 Å². The number of hydrogen-bond donors (Lipinski definition) is 2. The summed E-state index contributed by atoms with van der Waals surface area (Å²) in [5, 5.41) is 15.7. The number of aromatic nitrogens is 2. The fourth-order valence-corrected chi connectivity index (χ4v) is 4.75. The van der Waals surface area contributed by atoms with Gasteiger partial charge in [0.1, 0.15) is 12.1 Å². The van der Waals surface area contributed by atoms with Crippen LogP contribution in [0.5, 0.6) is 0 Å². The van der Waals surface area contributed by atoms with Crippen LogP contribution >= 0.6 is 0 Å². The van der Waals surface area contributed by atoms with Crippen molar-refractivity contribution in [2.24, 2.45) is 0 Å². The Labute approximate surface area is 171 Å². The third-order valence-electron chi connectivity index (χ3n) is 6.30. The van der Waals surface area contributed by atoms with Crippen molar-refractivity contribution in [1.29, 1.82) is 0 Å². The van der Waals surface area contributed by atoms with Crippen LogP contribution in [0.15, 0.2) is 47.2 Å². The van der Waals surface area contributed by atoms with Crippen molar-refractivity contribution < 1.29 is 9.52 Å². The Morgan fingerprint density at radius 3 is 2.76 bits per heavy atom. The number of pyridine rings is 1. The van der Waals surface area contributed by atoms with Gasteiger partial charge in [-0.25, -0.2) is 9.97 Å². The number of oxazole rings is 1. The van der Waals surface area contributed by atoms with Crippen LogP contribution in [0.2, 0.25) is 0 Å². The molecule has 0 bridgehead atoms. The van der Waals surface area contributed by atoms with Crippen LogP contribution in [0.25, 0.3) is 22.4 Å². The number of aliphatic hydroxyl groups is 1. The van der Waals surface area contributed by atoms with Gasteiger partial charge in [0, 0.05) is 30.6 Å². The molecule has 1 saturated heterocycles. The third-order valence-corrected chi connectivity index (χ3v) is 6.30. The van der Waals surface area contributed by atoms with Gasteiger partial charge < -0.3 is 19.7 Å². The lowest BCUT2D eigenvalue weighted by Crippen LogP contribution is -2.55. The zero-order chi connectivity index (χ0) is 19.6. The highest BCUT2D eigenvalue weighted by atomic mass is 16.3. The second kappa shape index (κ2) is 8.13. The van der Waals surface area contributed by atoms with Gasteiger partial charge >= 0.3 is 0 Å². The first kappa shape index (κ1) is 18.6. The molecule has 5 rings (SSSR count). The van der Waals surface area contributed by atoms with E-state index in [0.717, 1.165) is 35.2 Å². The topological polar surface area (TPSA) is 74.4 Å². The molecular weight excluding hydrogens is 364 g/mol. The molecule has 2 aliphatic rings. The van der Waals surface area contributed by atoms with Crippen molar-refractivity contribution in [2.75, 3.05) is 18.0 Å². The maximum Gasteiger partial charge on any atom is 0.229 e. The summed E-state index contributed by atoms with van der Waals surface area (Å²) in [6.45, 7) is 1.41. The first-order valence-corrected chi connectivity index (χ1v) is 10.8. The summed E-state index contributed by atoms with van der Waals surface area (Å²) in [5.74, 6) is 1.40. The number of hydrogen-bond acceptors (Lipinski definition) is 6. The molecule has 6 heteroatoms. The number of anilines is 1. The van der Waals surface area contributed by atoms with E-state index in [9.17, 15) is 5.11 Å². The van der Waals surface area contributed by atoms with Crippen LogP contribution in [-0.4, -0.2) is 46.4 Å². The highest BCUT2D eigenvalue weighted by molar-refractivity contribution is 5.87. The quantitative estimate of drug-likeness (QED) is 0.704. The minimum Gasteiger partial charge on any atom is -0.444 e. The van der Waals surface area contributed by atoms with Gasteiger partial charge in [-0.15, -0.1) is 0 Å². The van der Waals surface area contributed by atoms with Crippen molar-refractivity contribution in [1.82, 2.24) is 15.3 Å². The van der Waals surface area contributed by atoms with Crippen LogP contribution in [0.4, 0.5) is 5.82 Å².